The van der Waals surface area contributed by atoms with E-state index in [1.54, 1.807) is 6.08 Å². The molecular formula is C24H24N2O2. The monoisotopic (exact) mass is 372 g/mol. The summed E-state index contributed by atoms with van der Waals surface area (Å²) < 4.78 is 0. The molecule has 4 heteroatoms. The van der Waals surface area contributed by atoms with E-state index in [1.807, 2.05) is 35.2 Å². The van der Waals surface area contributed by atoms with Crippen molar-refractivity contribution in [1.82, 2.24) is 9.88 Å². The molecule has 0 atom stereocenters. The highest BCUT2D eigenvalue weighted by Gasteiger charge is 2.19. The van der Waals surface area contributed by atoms with E-state index < -0.39 is 0 Å². The van der Waals surface area contributed by atoms with Gasteiger partial charge in [-0.2, -0.15) is 0 Å². The number of aromatic nitrogens is 1. The summed E-state index contributed by atoms with van der Waals surface area (Å²) in [5, 5.41) is 0.947. The first-order chi connectivity index (χ1) is 13.5. The third-order valence-electron chi connectivity index (χ3n) is 5.41. The lowest BCUT2D eigenvalue weighted by Gasteiger charge is -2.28. The predicted molar refractivity (Wildman–Crippen MR) is 113 cm³/mol. The van der Waals surface area contributed by atoms with E-state index in [0.29, 0.717) is 24.6 Å². The molecule has 2 aromatic carbocycles. The van der Waals surface area contributed by atoms with Crippen LogP contribution in [0.3, 0.4) is 0 Å². The van der Waals surface area contributed by atoms with Crippen molar-refractivity contribution < 1.29 is 4.79 Å². The van der Waals surface area contributed by atoms with Crippen LogP contribution in [0.4, 0.5) is 0 Å². The summed E-state index contributed by atoms with van der Waals surface area (Å²) >= 11 is 0. The number of para-hydroxylation sites is 1. The van der Waals surface area contributed by atoms with E-state index >= 15 is 0 Å². The summed E-state index contributed by atoms with van der Waals surface area (Å²) in [6, 6.07) is 16.0. The van der Waals surface area contributed by atoms with Crippen LogP contribution < -0.4 is 5.56 Å². The molecule has 0 saturated heterocycles. The number of carbonyl (C=O) groups excluding carboxylic acids is 1. The molecule has 1 amide bonds. The molecule has 1 aliphatic heterocycles. The second-order valence-electron chi connectivity index (χ2n) is 7.67. The summed E-state index contributed by atoms with van der Waals surface area (Å²) in [7, 11) is 0. The molecule has 1 N–H and O–H groups in total. The Kier molecular flexibility index (Phi) is 4.86. The number of nitrogens with one attached hydrogen (secondary N) is 1. The van der Waals surface area contributed by atoms with Gasteiger partial charge in [-0.15, -0.1) is 0 Å². The minimum atomic E-state index is -0.187. The van der Waals surface area contributed by atoms with Crippen molar-refractivity contribution in [2.24, 2.45) is 0 Å². The van der Waals surface area contributed by atoms with E-state index in [4.69, 9.17) is 0 Å². The first-order valence-electron chi connectivity index (χ1n) is 9.72. The summed E-state index contributed by atoms with van der Waals surface area (Å²) in [6.07, 6.45) is 3.99. The average molecular weight is 372 g/mol. The molecule has 28 heavy (non-hydrogen) atoms. The lowest BCUT2D eigenvalue weighted by atomic mass is 9.93. The minimum absolute atomic E-state index is 0.0619. The standard InChI is InChI=1S/C24H24N2O2/c1-16(2)18-8-7-17-11-12-26(15-21(17)13-18)23(27)10-9-20-14-19-5-3-4-6-22(19)25-24(20)28/h3-10,13-14,16H,11-12,15H2,1-2H3,(H,25,28)/b10-9+. The van der Waals surface area contributed by atoms with Gasteiger partial charge in [0.2, 0.25) is 5.91 Å². The molecule has 0 saturated carbocycles. The third kappa shape index (κ3) is 3.63. The van der Waals surface area contributed by atoms with Crippen LogP contribution >= 0.6 is 0 Å². The number of rotatable bonds is 3. The van der Waals surface area contributed by atoms with Gasteiger partial charge in [0.05, 0.1) is 0 Å². The van der Waals surface area contributed by atoms with Crippen LogP contribution in [-0.2, 0) is 17.8 Å². The van der Waals surface area contributed by atoms with Gasteiger partial charge >= 0.3 is 0 Å². The molecule has 0 bridgehead atoms. The second-order valence-corrected chi connectivity index (χ2v) is 7.67. The van der Waals surface area contributed by atoms with Gasteiger partial charge in [0.15, 0.2) is 0 Å². The van der Waals surface area contributed by atoms with Crippen molar-refractivity contribution in [3.8, 4) is 0 Å². The largest absolute Gasteiger partial charge is 0.334 e. The molecule has 4 nitrogen and oxygen atoms in total. The van der Waals surface area contributed by atoms with Gasteiger partial charge in [0.1, 0.15) is 0 Å². The molecule has 3 aromatic rings. The SMILES string of the molecule is CC(C)c1ccc2c(c1)CN(C(=O)/C=C/c1cc3ccccc3[nH]c1=O)CC2. The van der Waals surface area contributed by atoms with Crippen LogP contribution in [-0.4, -0.2) is 22.3 Å². The van der Waals surface area contributed by atoms with Crippen molar-refractivity contribution in [3.05, 3.63) is 87.2 Å². The lowest BCUT2D eigenvalue weighted by molar-refractivity contribution is -0.126. The lowest BCUT2D eigenvalue weighted by Crippen LogP contribution is -2.34. The maximum Gasteiger partial charge on any atom is 0.255 e. The highest BCUT2D eigenvalue weighted by atomic mass is 16.2. The predicted octanol–water partition coefficient (Wildman–Crippen LogP) is 4.25. The fourth-order valence-electron chi connectivity index (χ4n) is 3.68. The van der Waals surface area contributed by atoms with Crippen LogP contribution in [0.5, 0.6) is 0 Å². The fourth-order valence-corrected chi connectivity index (χ4v) is 3.68. The smallest absolute Gasteiger partial charge is 0.255 e. The normalized spacial score (nSPS) is 14.0. The number of hydrogen-bond donors (Lipinski definition) is 1. The van der Waals surface area contributed by atoms with Crippen molar-refractivity contribution in [3.63, 3.8) is 0 Å². The van der Waals surface area contributed by atoms with Crippen LogP contribution in [0.1, 0.15) is 42.0 Å². The van der Waals surface area contributed by atoms with Crippen LogP contribution in [0.15, 0.2) is 59.4 Å². The van der Waals surface area contributed by atoms with Crippen LogP contribution in [0.2, 0.25) is 0 Å². The molecule has 1 aromatic heterocycles. The Bertz CT molecular complexity index is 1120. The zero-order valence-corrected chi connectivity index (χ0v) is 16.2. The van der Waals surface area contributed by atoms with Gasteiger partial charge in [-0.25, -0.2) is 0 Å². The number of carbonyl (C=O) groups is 1. The zero-order chi connectivity index (χ0) is 19.7. The number of hydrogen-bond acceptors (Lipinski definition) is 2. The van der Waals surface area contributed by atoms with Crippen LogP contribution in [0, 0.1) is 0 Å². The highest BCUT2D eigenvalue weighted by molar-refractivity contribution is 5.92. The van der Waals surface area contributed by atoms with E-state index in [-0.39, 0.29) is 11.5 Å². The molecule has 0 unspecified atom stereocenters. The van der Waals surface area contributed by atoms with Gasteiger partial charge in [0.25, 0.3) is 5.56 Å². The first-order valence-corrected chi connectivity index (χ1v) is 9.72. The van der Waals surface area contributed by atoms with E-state index in [2.05, 4.69) is 37.0 Å². The van der Waals surface area contributed by atoms with Gasteiger partial charge in [-0.1, -0.05) is 50.2 Å². The van der Waals surface area contributed by atoms with Crippen molar-refractivity contribution in [2.45, 2.75) is 32.7 Å². The topological polar surface area (TPSA) is 53.2 Å². The minimum Gasteiger partial charge on any atom is -0.334 e. The number of pyridine rings is 1. The second kappa shape index (κ2) is 7.47. The molecule has 0 aliphatic carbocycles. The molecule has 0 radical (unpaired) electrons. The number of nitrogens with zero attached hydrogens (tertiary/aromatic N) is 1. The summed E-state index contributed by atoms with van der Waals surface area (Å²) in [5.41, 5.74) is 4.95. The van der Waals surface area contributed by atoms with Crippen molar-refractivity contribution in [2.75, 3.05) is 6.54 Å². The number of benzene rings is 2. The summed E-state index contributed by atoms with van der Waals surface area (Å²) in [5.74, 6) is 0.407. The van der Waals surface area contributed by atoms with Crippen molar-refractivity contribution in [1.29, 1.82) is 0 Å². The maximum atomic E-state index is 12.7. The number of fused-ring (bicyclic) bond motifs is 2. The average Bonchev–Trinajstić information content (AvgIpc) is 2.71. The number of aromatic amines is 1. The molecule has 2 heterocycles. The maximum absolute atomic E-state index is 12.7. The van der Waals surface area contributed by atoms with Gasteiger partial charge in [-0.3, -0.25) is 9.59 Å². The van der Waals surface area contributed by atoms with E-state index in [9.17, 15) is 9.59 Å². The Balaban J connectivity index is 1.53. The summed E-state index contributed by atoms with van der Waals surface area (Å²) in [6.45, 7) is 5.67. The van der Waals surface area contributed by atoms with Crippen LogP contribution in [0.25, 0.3) is 17.0 Å². The molecular weight excluding hydrogens is 348 g/mol. The zero-order valence-electron chi connectivity index (χ0n) is 16.2. The number of amides is 1. The van der Waals surface area contributed by atoms with Gasteiger partial charge in [-0.05, 0) is 52.6 Å². The Morgan fingerprint density at radius 2 is 1.93 bits per heavy atom. The van der Waals surface area contributed by atoms with E-state index in [0.717, 1.165) is 17.3 Å². The molecule has 4 rings (SSSR count). The summed E-state index contributed by atoms with van der Waals surface area (Å²) in [4.78, 5) is 29.7. The quantitative estimate of drug-likeness (QED) is 0.699. The third-order valence-corrected chi connectivity index (χ3v) is 5.41. The van der Waals surface area contributed by atoms with Gasteiger partial charge in [0, 0.05) is 30.2 Å². The van der Waals surface area contributed by atoms with Crippen molar-refractivity contribution >= 4 is 22.9 Å². The van der Waals surface area contributed by atoms with Gasteiger partial charge < -0.3 is 9.88 Å². The fraction of sp³-hybridized carbons (Fsp3) is 0.250. The Morgan fingerprint density at radius 1 is 1.11 bits per heavy atom. The highest BCUT2D eigenvalue weighted by Crippen LogP contribution is 2.24. The Hall–Kier alpha value is -3.14. The molecule has 142 valence electrons. The molecule has 1 aliphatic rings. The molecule has 0 spiro atoms. The Morgan fingerprint density at radius 3 is 2.75 bits per heavy atom. The Labute approximate surface area is 164 Å². The number of H-pyrrole nitrogens is 1. The first kappa shape index (κ1) is 18.2. The molecule has 0 fully saturated rings. The van der Waals surface area contributed by atoms with E-state index in [1.165, 1.54) is 22.8 Å².